The lowest BCUT2D eigenvalue weighted by Crippen LogP contribution is -2.39. The number of H-pyrrole nitrogens is 1. The van der Waals surface area contributed by atoms with Crippen LogP contribution in [0.5, 0.6) is 0 Å². The Labute approximate surface area is 135 Å². The summed E-state index contributed by atoms with van der Waals surface area (Å²) in [5.41, 5.74) is 2.83. The fraction of sp³-hybridized carbons (Fsp3) is 0.500. The van der Waals surface area contributed by atoms with Crippen molar-refractivity contribution in [1.29, 1.82) is 0 Å². The second-order valence-electron chi connectivity index (χ2n) is 5.74. The molecule has 1 atom stereocenters. The highest BCUT2D eigenvalue weighted by atomic mass is 35.5. The molecule has 2 aromatic heterocycles. The van der Waals surface area contributed by atoms with Crippen LogP contribution in [-0.2, 0) is 17.9 Å². The molecule has 1 aliphatic rings. The monoisotopic (exact) mass is 320 g/mol. The first-order valence-electron chi connectivity index (χ1n) is 7.65. The normalized spacial score (nSPS) is 19.5. The number of nitrogens with zero attached hydrogens (tertiary/aromatic N) is 3. The number of aromatic amines is 1. The molecule has 5 nitrogen and oxygen atoms in total. The summed E-state index contributed by atoms with van der Waals surface area (Å²) in [6, 6.07) is 5.90. The predicted octanol–water partition coefficient (Wildman–Crippen LogP) is 2.95. The molecule has 1 fully saturated rings. The van der Waals surface area contributed by atoms with Crippen LogP contribution in [0, 0.1) is 6.92 Å². The summed E-state index contributed by atoms with van der Waals surface area (Å²) in [5, 5.41) is 7.96. The Morgan fingerprint density at radius 1 is 1.45 bits per heavy atom. The van der Waals surface area contributed by atoms with E-state index in [0.29, 0.717) is 6.61 Å². The lowest BCUT2D eigenvalue weighted by Gasteiger charge is -2.32. The first-order valence-corrected chi connectivity index (χ1v) is 8.03. The summed E-state index contributed by atoms with van der Waals surface area (Å²) in [6.07, 6.45) is 4.27. The molecule has 0 bridgehead atoms. The number of aromatic nitrogens is 3. The topological polar surface area (TPSA) is 54.0 Å². The lowest BCUT2D eigenvalue weighted by molar-refractivity contribution is -0.0135. The van der Waals surface area contributed by atoms with Gasteiger partial charge in [-0.15, -0.1) is 0 Å². The maximum absolute atomic E-state index is 6.25. The average Bonchev–Trinajstić information content (AvgIpc) is 2.86. The van der Waals surface area contributed by atoms with Crippen molar-refractivity contribution in [1.82, 2.24) is 20.1 Å². The highest BCUT2D eigenvalue weighted by molar-refractivity contribution is 6.31. The van der Waals surface area contributed by atoms with Crippen molar-refractivity contribution < 1.29 is 4.74 Å². The maximum Gasteiger partial charge on any atom is 0.0951 e. The zero-order chi connectivity index (χ0) is 15.4. The van der Waals surface area contributed by atoms with E-state index in [2.05, 4.69) is 20.1 Å². The van der Waals surface area contributed by atoms with Crippen LogP contribution in [-0.4, -0.2) is 39.3 Å². The van der Waals surface area contributed by atoms with Crippen molar-refractivity contribution in [3.8, 4) is 0 Å². The SMILES string of the molecule is Cc1[nH]nc(CN2CCC[C@H](OCc3ccccn3)C2)c1Cl. The minimum absolute atomic E-state index is 0.245. The van der Waals surface area contributed by atoms with E-state index in [0.717, 1.165) is 54.6 Å². The summed E-state index contributed by atoms with van der Waals surface area (Å²) >= 11 is 6.25. The molecule has 1 aliphatic heterocycles. The van der Waals surface area contributed by atoms with Crippen LogP contribution in [0.2, 0.25) is 5.02 Å². The Balaban J connectivity index is 1.52. The molecule has 2 aromatic rings. The zero-order valence-electron chi connectivity index (χ0n) is 12.8. The van der Waals surface area contributed by atoms with Gasteiger partial charge in [0.15, 0.2) is 0 Å². The molecule has 22 heavy (non-hydrogen) atoms. The summed E-state index contributed by atoms with van der Waals surface area (Å²) in [4.78, 5) is 6.65. The van der Waals surface area contributed by atoms with Crippen LogP contribution in [0.25, 0.3) is 0 Å². The number of hydrogen-bond acceptors (Lipinski definition) is 4. The fourth-order valence-corrected chi connectivity index (χ4v) is 2.91. The summed E-state index contributed by atoms with van der Waals surface area (Å²) < 4.78 is 6.01. The van der Waals surface area contributed by atoms with E-state index in [1.54, 1.807) is 6.20 Å². The van der Waals surface area contributed by atoms with Gasteiger partial charge in [-0.2, -0.15) is 5.10 Å². The fourth-order valence-electron chi connectivity index (χ4n) is 2.76. The molecule has 0 radical (unpaired) electrons. The largest absolute Gasteiger partial charge is 0.371 e. The lowest BCUT2D eigenvalue weighted by atomic mass is 10.1. The molecule has 6 heteroatoms. The minimum atomic E-state index is 0.245. The standard InChI is InChI=1S/C16H21ClN4O/c1-12-16(17)15(20-19-12)10-21-8-4-6-14(9-21)22-11-13-5-2-3-7-18-13/h2-3,5,7,14H,4,6,8-11H2,1H3,(H,19,20)/t14-/m0/s1. The first-order chi connectivity index (χ1) is 10.7. The van der Waals surface area contributed by atoms with Crippen molar-refractivity contribution in [3.05, 3.63) is 46.5 Å². The second-order valence-corrected chi connectivity index (χ2v) is 6.12. The molecular formula is C16H21ClN4O. The molecule has 0 aromatic carbocycles. The van der Waals surface area contributed by atoms with Crippen LogP contribution >= 0.6 is 11.6 Å². The van der Waals surface area contributed by atoms with E-state index < -0.39 is 0 Å². The van der Waals surface area contributed by atoms with E-state index in [1.807, 2.05) is 25.1 Å². The molecule has 0 amide bonds. The molecule has 1 saturated heterocycles. The Morgan fingerprint density at radius 2 is 2.36 bits per heavy atom. The minimum Gasteiger partial charge on any atom is -0.371 e. The number of piperidine rings is 1. The number of hydrogen-bond donors (Lipinski definition) is 1. The van der Waals surface area contributed by atoms with Crippen molar-refractivity contribution in [2.24, 2.45) is 0 Å². The van der Waals surface area contributed by atoms with Gasteiger partial charge in [-0.05, 0) is 38.4 Å². The van der Waals surface area contributed by atoms with Crippen LogP contribution in [0.15, 0.2) is 24.4 Å². The van der Waals surface area contributed by atoms with Gasteiger partial charge >= 0.3 is 0 Å². The number of nitrogens with one attached hydrogen (secondary N) is 1. The van der Waals surface area contributed by atoms with Crippen molar-refractivity contribution >= 4 is 11.6 Å². The van der Waals surface area contributed by atoms with Crippen LogP contribution < -0.4 is 0 Å². The second kappa shape index (κ2) is 7.22. The maximum atomic E-state index is 6.25. The molecule has 0 spiro atoms. The third-order valence-electron chi connectivity index (χ3n) is 3.97. The zero-order valence-corrected chi connectivity index (χ0v) is 13.5. The molecule has 118 valence electrons. The van der Waals surface area contributed by atoms with Crippen LogP contribution in [0.4, 0.5) is 0 Å². The number of rotatable bonds is 5. The molecule has 1 N–H and O–H groups in total. The van der Waals surface area contributed by atoms with Gasteiger partial charge < -0.3 is 4.74 Å². The van der Waals surface area contributed by atoms with Gasteiger partial charge in [-0.3, -0.25) is 15.0 Å². The highest BCUT2D eigenvalue weighted by Crippen LogP contribution is 2.21. The number of ether oxygens (including phenoxy) is 1. The Morgan fingerprint density at radius 3 is 3.09 bits per heavy atom. The number of aryl methyl sites for hydroxylation is 1. The summed E-state index contributed by atoms with van der Waals surface area (Å²) in [5.74, 6) is 0. The van der Waals surface area contributed by atoms with Gasteiger partial charge in [0.05, 0.1) is 34.8 Å². The Bertz CT molecular complexity index is 601. The van der Waals surface area contributed by atoms with E-state index in [-0.39, 0.29) is 6.10 Å². The van der Waals surface area contributed by atoms with Gasteiger partial charge in [-0.25, -0.2) is 0 Å². The molecule has 0 aliphatic carbocycles. The number of pyridine rings is 1. The third-order valence-corrected chi connectivity index (χ3v) is 4.47. The number of likely N-dealkylation sites (tertiary alicyclic amines) is 1. The quantitative estimate of drug-likeness (QED) is 0.920. The summed E-state index contributed by atoms with van der Waals surface area (Å²) in [6.45, 7) is 5.25. The van der Waals surface area contributed by atoms with E-state index in [9.17, 15) is 0 Å². The van der Waals surface area contributed by atoms with Crippen molar-refractivity contribution in [2.45, 2.75) is 39.0 Å². The highest BCUT2D eigenvalue weighted by Gasteiger charge is 2.22. The van der Waals surface area contributed by atoms with Crippen LogP contribution in [0.3, 0.4) is 0 Å². The molecule has 0 unspecified atom stereocenters. The summed E-state index contributed by atoms with van der Waals surface area (Å²) in [7, 11) is 0. The van der Waals surface area contributed by atoms with Crippen molar-refractivity contribution in [2.75, 3.05) is 13.1 Å². The van der Waals surface area contributed by atoms with Gasteiger partial charge in [0, 0.05) is 19.3 Å². The van der Waals surface area contributed by atoms with Crippen LogP contribution in [0.1, 0.15) is 29.9 Å². The van der Waals surface area contributed by atoms with E-state index in [1.165, 1.54) is 0 Å². The Hall–Kier alpha value is -1.43. The smallest absolute Gasteiger partial charge is 0.0951 e. The van der Waals surface area contributed by atoms with Crippen molar-refractivity contribution in [3.63, 3.8) is 0 Å². The molecular weight excluding hydrogens is 300 g/mol. The molecule has 0 saturated carbocycles. The van der Waals surface area contributed by atoms with Gasteiger partial charge in [-0.1, -0.05) is 17.7 Å². The third kappa shape index (κ3) is 3.85. The van der Waals surface area contributed by atoms with Gasteiger partial charge in [0.25, 0.3) is 0 Å². The Kier molecular flexibility index (Phi) is 5.08. The molecule has 3 rings (SSSR count). The average molecular weight is 321 g/mol. The molecule has 3 heterocycles. The van der Waals surface area contributed by atoms with E-state index >= 15 is 0 Å². The predicted molar refractivity (Wildman–Crippen MR) is 85.7 cm³/mol. The van der Waals surface area contributed by atoms with Gasteiger partial charge in [0.2, 0.25) is 0 Å². The first kappa shape index (κ1) is 15.5. The van der Waals surface area contributed by atoms with E-state index in [4.69, 9.17) is 16.3 Å². The van der Waals surface area contributed by atoms with Gasteiger partial charge in [0.1, 0.15) is 0 Å². The number of halogens is 1.